The number of hydrogen-bond donors (Lipinski definition) is 0. The summed E-state index contributed by atoms with van der Waals surface area (Å²) in [5.74, 6) is -2.96. The number of carbonyl (C=O) groups is 5. The van der Waals surface area contributed by atoms with E-state index in [0.717, 1.165) is 18.4 Å². The highest BCUT2D eigenvalue weighted by atomic mass is 35.5. The molecule has 10 nitrogen and oxygen atoms in total. The highest BCUT2D eigenvalue weighted by molar-refractivity contribution is 6.31. The summed E-state index contributed by atoms with van der Waals surface area (Å²) in [5, 5.41) is 0.475. The number of nitrogens with zero attached hydrogens (tertiary/aromatic N) is 2. The molecule has 47 heavy (non-hydrogen) atoms. The van der Waals surface area contributed by atoms with Crippen molar-refractivity contribution in [2.45, 2.75) is 71.3 Å². The Hall–Kier alpha value is -3.66. The summed E-state index contributed by atoms with van der Waals surface area (Å²) < 4.78 is 16.4. The first-order valence-electron chi connectivity index (χ1n) is 16.5. The van der Waals surface area contributed by atoms with Gasteiger partial charge in [0.2, 0.25) is 11.8 Å². The van der Waals surface area contributed by atoms with E-state index in [0.29, 0.717) is 62.2 Å². The molecule has 5 aliphatic rings. The Kier molecular flexibility index (Phi) is 8.78. The summed E-state index contributed by atoms with van der Waals surface area (Å²) in [6.45, 7) is 4.59. The van der Waals surface area contributed by atoms with E-state index < -0.39 is 46.6 Å². The molecule has 1 spiro atoms. The van der Waals surface area contributed by atoms with Crippen LogP contribution >= 0.6 is 11.6 Å². The van der Waals surface area contributed by atoms with Crippen LogP contribution in [-0.2, 0) is 39.9 Å². The van der Waals surface area contributed by atoms with Gasteiger partial charge in [-0.1, -0.05) is 35.9 Å². The minimum Gasteiger partial charge on any atom is -0.469 e. The smallest absolute Gasteiger partial charge is 0.315 e. The normalized spacial score (nSPS) is 30.6. The van der Waals surface area contributed by atoms with Gasteiger partial charge in [0.15, 0.2) is 0 Å². The van der Waals surface area contributed by atoms with E-state index in [1.807, 2.05) is 29.2 Å². The Morgan fingerprint density at radius 1 is 0.915 bits per heavy atom. The summed E-state index contributed by atoms with van der Waals surface area (Å²) in [7, 11) is 2.63. The molecule has 1 aromatic rings. The maximum Gasteiger partial charge on any atom is 0.315 e. The van der Waals surface area contributed by atoms with Gasteiger partial charge in [0.25, 0.3) is 0 Å². The average molecular weight is 667 g/mol. The van der Waals surface area contributed by atoms with Crippen molar-refractivity contribution in [3.63, 3.8) is 0 Å². The van der Waals surface area contributed by atoms with E-state index in [-0.39, 0.29) is 29.5 Å². The fraction of sp³-hybridized carbons (Fsp3) is 0.583. The van der Waals surface area contributed by atoms with Crippen molar-refractivity contribution in [3.05, 3.63) is 52.6 Å². The molecule has 2 heterocycles. The first-order chi connectivity index (χ1) is 22.4. The van der Waals surface area contributed by atoms with Crippen molar-refractivity contribution < 1.29 is 38.2 Å². The van der Waals surface area contributed by atoms with Crippen LogP contribution in [0, 0.1) is 28.1 Å². The Morgan fingerprint density at radius 3 is 2.13 bits per heavy atom. The Balaban J connectivity index is 1.39. The molecule has 1 unspecified atom stereocenters. The van der Waals surface area contributed by atoms with Crippen LogP contribution in [0.2, 0.25) is 5.02 Å². The highest BCUT2D eigenvalue weighted by Crippen LogP contribution is 2.54. The third kappa shape index (κ3) is 5.76. The lowest BCUT2D eigenvalue weighted by atomic mass is 9.69. The number of esters is 3. The number of amides is 2. The average Bonchev–Trinajstić information content (AvgIpc) is 3.75. The second kappa shape index (κ2) is 12.4. The number of rotatable bonds is 7. The topological polar surface area (TPSA) is 120 Å². The molecule has 2 aliphatic heterocycles. The van der Waals surface area contributed by atoms with E-state index in [1.165, 1.54) is 14.2 Å². The van der Waals surface area contributed by atoms with Gasteiger partial charge in [0, 0.05) is 36.6 Å². The summed E-state index contributed by atoms with van der Waals surface area (Å²) in [5.41, 5.74) is -0.854. The van der Waals surface area contributed by atoms with Crippen LogP contribution in [-0.4, -0.2) is 73.4 Å². The Morgan fingerprint density at radius 2 is 1.53 bits per heavy atom. The SMILES string of the molecule is COC(=O)[C@@]1(C)CC=CC[C@H]1C(=O)Oc1ccc(Cl)c2c1C(CN1CC3(CC3)CC1=O)N(C(=O)[C@@H]1CC=CC[C@]1(C)C(=O)OC)CC2. The standard InChI is InChI=1S/C36H43ClN2O8/c1-34(32(43)45-3)14-7-5-9-23(34)30(41)39-18-13-22-25(37)11-12-27(29(22)26(39)20-38-21-36(16-17-36)19-28(38)40)47-31(42)24-10-6-8-15-35(24,2)33(44)46-4/h5-8,11-12,23-24,26H,9-10,13-21H2,1-4H3/t23-,24-,26?,34-,35-/m0/s1. The Labute approximate surface area is 280 Å². The van der Waals surface area contributed by atoms with Crippen LogP contribution in [0.1, 0.15) is 76.0 Å². The number of hydrogen-bond acceptors (Lipinski definition) is 8. The van der Waals surface area contributed by atoms with E-state index in [9.17, 15) is 24.0 Å². The minimum absolute atomic E-state index is 0.00247. The van der Waals surface area contributed by atoms with Gasteiger partial charge in [-0.15, -0.1) is 0 Å². The van der Waals surface area contributed by atoms with E-state index >= 15 is 0 Å². The quantitative estimate of drug-likeness (QED) is 0.227. The molecular formula is C36H43ClN2O8. The number of halogens is 1. The van der Waals surface area contributed by atoms with E-state index in [2.05, 4.69) is 0 Å². The fourth-order valence-electron chi connectivity index (χ4n) is 8.14. The number of likely N-dealkylation sites (tertiary alicyclic amines) is 1. The van der Waals surface area contributed by atoms with Gasteiger partial charge in [0.05, 0.1) is 42.9 Å². The van der Waals surface area contributed by atoms with Crippen LogP contribution in [0.4, 0.5) is 0 Å². The highest BCUT2D eigenvalue weighted by Gasteiger charge is 2.54. The lowest BCUT2D eigenvalue weighted by molar-refractivity contribution is -0.163. The molecule has 0 aromatic heterocycles. The molecule has 252 valence electrons. The maximum atomic E-state index is 14.6. The fourth-order valence-corrected chi connectivity index (χ4v) is 8.40. The predicted molar refractivity (Wildman–Crippen MR) is 172 cm³/mol. The molecule has 11 heteroatoms. The van der Waals surface area contributed by atoms with Gasteiger partial charge in [-0.05, 0) is 81.9 Å². The molecular weight excluding hydrogens is 624 g/mol. The van der Waals surface area contributed by atoms with E-state index in [4.69, 9.17) is 25.8 Å². The number of methoxy groups -OCH3 is 2. The molecule has 0 bridgehead atoms. The van der Waals surface area contributed by atoms with E-state index in [1.54, 1.807) is 30.9 Å². The maximum absolute atomic E-state index is 14.6. The lowest BCUT2D eigenvalue weighted by Crippen LogP contribution is -2.52. The second-order valence-corrected chi connectivity index (χ2v) is 14.8. The summed E-state index contributed by atoms with van der Waals surface area (Å²) >= 11 is 6.79. The van der Waals surface area contributed by atoms with Gasteiger partial charge in [-0.3, -0.25) is 24.0 Å². The van der Waals surface area contributed by atoms with Gasteiger partial charge >= 0.3 is 17.9 Å². The van der Waals surface area contributed by atoms with Gasteiger partial charge in [-0.2, -0.15) is 0 Å². The van der Waals surface area contributed by atoms with Crippen LogP contribution in [0.5, 0.6) is 5.75 Å². The minimum atomic E-state index is -1.11. The first-order valence-corrected chi connectivity index (χ1v) is 16.8. The molecule has 1 aromatic carbocycles. The summed E-state index contributed by atoms with van der Waals surface area (Å²) in [6, 6.07) is 2.62. The number of ether oxygens (including phenoxy) is 3. The van der Waals surface area contributed by atoms with Crippen LogP contribution < -0.4 is 4.74 Å². The zero-order valence-corrected chi connectivity index (χ0v) is 28.3. The largest absolute Gasteiger partial charge is 0.469 e. The molecule has 2 fully saturated rings. The van der Waals surface area contributed by atoms with Crippen molar-refractivity contribution in [2.75, 3.05) is 33.9 Å². The first kappa shape index (κ1) is 33.2. The molecule has 6 rings (SSSR count). The van der Waals surface area contributed by atoms with Crippen molar-refractivity contribution in [1.82, 2.24) is 9.80 Å². The van der Waals surface area contributed by atoms with Gasteiger partial charge < -0.3 is 24.0 Å². The summed E-state index contributed by atoms with van der Waals surface area (Å²) in [6.07, 6.45) is 11.8. The zero-order valence-electron chi connectivity index (χ0n) is 27.5. The molecule has 0 N–H and O–H groups in total. The zero-order chi connectivity index (χ0) is 33.7. The Bertz CT molecular complexity index is 1570. The number of fused-ring (bicyclic) bond motifs is 1. The number of carbonyl (C=O) groups excluding carboxylic acids is 5. The molecule has 3 aliphatic carbocycles. The second-order valence-electron chi connectivity index (χ2n) is 14.4. The van der Waals surface area contributed by atoms with Crippen molar-refractivity contribution in [3.8, 4) is 5.75 Å². The molecule has 1 saturated carbocycles. The third-order valence-electron chi connectivity index (χ3n) is 11.4. The number of benzene rings is 1. The molecule has 1 saturated heterocycles. The van der Waals surface area contributed by atoms with Crippen LogP contribution in [0.25, 0.3) is 0 Å². The monoisotopic (exact) mass is 666 g/mol. The lowest BCUT2D eigenvalue weighted by Gasteiger charge is -2.44. The van der Waals surface area contributed by atoms with Crippen LogP contribution in [0.3, 0.4) is 0 Å². The predicted octanol–water partition coefficient (Wildman–Crippen LogP) is 4.97. The van der Waals surface area contributed by atoms with Crippen molar-refractivity contribution in [2.24, 2.45) is 28.1 Å². The van der Waals surface area contributed by atoms with Crippen molar-refractivity contribution in [1.29, 1.82) is 0 Å². The number of allylic oxidation sites excluding steroid dienone is 4. The molecule has 2 amide bonds. The molecule has 0 radical (unpaired) electrons. The van der Waals surface area contributed by atoms with Gasteiger partial charge in [-0.25, -0.2) is 0 Å². The third-order valence-corrected chi connectivity index (χ3v) is 11.8. The molecule has 5 atom stereocenters. The van der Waals surface area contributed by atoms with Crippen molar-refractivity contribution >= 4 is 41.3 Å². The summed E-state index contributed by atoms with van der Waals surface area (Å²) in [4.78, 5) is 71.4. The van der Waals surface area contributed by atoms with Crippen LogP contribution in [0.15, 0.2) is 36.4 Å². The van der Waals surface area contributed by atoms with Gasteiger partial charge in [0.1, 0.15) is 5.75 Å².